The second kappa shape index (κ2) is 6.76. The van der Waals surface area contributed by atoms with Gasteiger partial charge in [0.15, 0.2) is 0 Å². The van der Waals surface area contributed by atoms with Crippen molar-refractivity contribution >= 4 is 22.3 Å². The Labute approximate surface area is 125 Å². The predicted octanol–water partition coefficient (Wildman–Crippen LogP) is 3.58. The molecule has 2 aromatic rings. The van der Waals surface area contributed by atoms with E-state index in [1.807, 2.05) is 24.3 Å². The lowest BCUT2D eigenvalue weighted by atomic mass is 9.98. The molecule has 1 aliphatic carbocycles. The number of nitrogens with one attached hydrogen (secondary N) is 1. The molecule has 0 atom stereocenters. The monoisotopic (exact) mass is 285 g/mol. The molecule has 4 heteroatoms. The van der Waals surface area contributed by atoms with Gasteiger partial charge in [-0.15, -0.1) is 0 Å². The summed E-state index contributed by atoms with van der Waals surface area (Å²) in [5.41, 5.74) is 8.70. The number of aromatic nitrogens is 1. The number of nitrogen functional groups attached to an aromatic ring is 1. The highest BCUT2D eigenvalue weighted by atomic mass is 16.5. The molecule has 21 heavy (non-hydrogen) atoms. The predicted molar refractivity (Wildman–Crippen MR) is 87.5 cm³/mol. The molecule has 1 aromatic heterocycles. The van der Waals surface area contributed by atoms with E-state index in [0.29, 0.717) is 6.10 Å². The summed E-state index contributed by atoms with van der Waals surface area (Å²) in [6.45, 7) is 1.54. The van der Waals surface area contributed by atoms with Crippen molar-refractivity contribution in [3.63, 3.8) is 0 Å². The molecule has 3 rings (SSSR count). The molecule has 112 valence electrons. The number of hydrogen-bond donors (Lipinski definition) is 2. The third-order valence-corrected chi connectivity index (χ3v) is 4.13. The van der Waals surface area contributed by atoms with Crippen LogP contribution in [-0.4, -0.2) is 24.2 Å². The van der Waals surface area contributed by atoms with Gasteiger partial charge in [0.2, 0.25) is 0 Å². The highest BCUT2D eigenvalue weighted by Gasteiger charge is 2.13. The summed E-state index contributed by atoms with van der Waals surface area (Å²) in [6.07, 6.45) is 8.67. The molecule has 3 N–H and O–H groups in total. The first-order chi connectivity index (χ1) is 10.3. The minimum Gasteiger partial charge on any atom is -0.398 e. The van der Waals surface area contributed by atoms with Crippen LogP contribution in [0.3, 0.4) is 0 Å². The van der Waals surface area contributed by atoms with Gasteiger partial charge >= 0.3 is 0 Å². The Balaban J connectivity index is 1.57. The zero-order valence-electron chi connectivity index (χ0n) is 12.3. The Morgan fingerprint density at radius 3 is 2.90 bits per heavy atom. The molecule has 1 fully saturated rings. The molecule has 1 aromatic carbocycles. The second-order valence-corrected chi connectivity index (χ2v) is 5.66. The van der Waals surface area contributed by atoms with Crippen LogP contribution in [0.2, 0.25) is 0 Å². The fourth-order valence-corrected chi connectivity index (χ4v) is 2.98. The molecule has 0 aliphatic heterocycles. The smallest absolute Gasteiger partial charge is 0.0953 e. The molecule has 1 heterocycles. The highest BCUT2D eigenvalue weighted by Crippen LogP contribution is 2.26. The van der Waals surface area contributed by atoms with Gasteiger partial charge in [-0.2, -0.15) is 0 Å². The average Bonchev–Trinajstić information content (AvgIpc) is 2.55. The summed E-state index contributed by atoms with van der Waals surface area (Å²) in [6, 6.07) is 7.83. The third kappa shape index (κ3) is 3.45. The Morgan fingerprint density at radius 1 is 1.19 bits per heavy atom. The number of nitrogens with zero attached hydrogens (tertiary/aromatic N) is 1. The number of ether oxygens (including phenoxy) is 1. The third-order valence-electron chi connectivity index (χ3n) is 4.13. The summed E-state index contributed by atoms with van der Waals surface area (Å²) >= 11 is 0. The van der Waals surface area contributed by atoms with Crippen LogP contribution >= 0.6 is 0 Å². The van der Waals surface area contributed by atoms with E-state index in [9.17, 15) is 0 Å². The van der Waals surface area contributed by atoms with Crippen LogP contribution in [0.1, 0.15) is 32.1 Å². The lowest BCUT2D eigenvalue weighted by Gasteiger charge is -2.22. The van der Waals surface area contributed by atoms with Gasteiger partial charge < -0.3 is 15.8 Å². The van der Waals surface area contributed by atoms with E-state index in [4.69, 9.17) is 10.5 Å². The summed E-state index contributed by atoms with van der Waals surface area (Å²) < 4.78 is 5.93. The van der Waals surface area contributed by atoms with Gasteiger partial charge in [0, 0.05) is 23.8 Å². The Bertz CT molecular complexity index is 594. The van der Waals surface area contributed by atoms with Crippen molar-refractivity contribution in [2.45, 2.75) is 38.2 Å². The SMILES string of the molecule is Nc1ccc(NCCOC2CCCCC2)c2ncccc12. The van der Waals surface area contributed by atoms with E-state index < -0.39 is 0 Å². The maximum Gasteiger partial charge on any atom is 0.0953 e. The first-order valence-electron chi connectivity index (χ1n) is 7.83. The van der Waals surface area contributed by atoms with Crippen molar-refractivity contribution in [1.82, 2.24) is 4.98 Å². The molecule has 1 aliphatic rings. The van der Waals surface area contributed by atoms with Crippen LogP contribution in [0.4, 0.5) is 11.4 Å². The van der Waals surface area contributed by atoms with E-state index >= 15 is 0 Å². The molecule has 0 saturated heterocycles. The first-order valence-corrected chi connectivity index (χ1v) is 7.83. The highest BCUT2D eigenvalue weighted by molar-refractivity contribution is 5.98. The minimum absolute atomic E-state index is 0.460. The zero-order chi connectivity index (χ0) is 14.5. The normalized spacial score (nSPS) is 16.2. The standard InChI is InChI=1S/C17H23N3O/c18-15-8-9-16(17-14(15)7-4-10-20-17)19-11-12-21-13-5-2-1-3-6-13/h4,7-10,13,19H,1-3,5-6,11-12,18H2. The molecule has 1 saturated carbocycles. The number of hydrogen-bond acceptors (Lipinski definition) is 4. The number of pyridine rings is 1. The van der Waals surface area contributed by atoms with Gasteiger partial charge in [-0.05, 0) is 37.1 Å². The number of benzene rings is 1. The van der Waals surface area contributed by atoms with Crippen LogP contribution in [0.15, 0.2) is 30.5 Å². The zero-order valence-corrected chi connectivity index (χ0v) is 12.3. The second-order valence-electron chi connectivity index (χ2n) is 5.66. The number of rotatable bonds is 5. The van der Waals surface area contributed by atoms with Gasteiger partial charge in [-0.3, -0.25) is 4.98 Å². The van der Waals surface area contributed by atoms with Crippen molar-refractivity contribution in [1.29, 1.82) is 0 Å². The molecular weight excluding hydrogens is 262 g/mol. The molecule has 0 bridgehead atoms. The van der Waals surface area contributed by atoms with Gasteiger partial charge in [-0.25, -0.2) is 0 Å². The Kier molecular flexibility index (Phi) is 4.55. The van der Waals surface area contributed by atoms with Crippen LogP contribution in [0, 0.1) is 0 Å². The largest absolute Gasteiger partial charge is 0.398 e. The Hall–Kier alpha value is -1.81. The van der Waals surface area contributed by atoms with Crippen molar-refractivity contribution in [3.05, 3.63) is 30.5 Å². The molecule has 0 amide bonds. The Morgan fingerprint density at radius 2 is 2.05 bits per heavy atom. The van der Waals surface area contributed by atoms with Crippen molar-refractivity contribution in [2.24, 2.45) is 0 Å². The van der Waals surface area contributed by atoms with E-state index in [1.54, 1.807) is 6.20 Å². The van der Waals surface area contributed by atoms with Crippen molar-refractivity contribution < 1.29 is 4.74 Å². The van der Waals surface area contributed by atoms with Crippen molar-refractivity contribution in [2.75, 3.05) is 24.2 Å². The van der Waals surface area contributed by atoms with Crippen molar-refractivity contribution in [3.8, 4) is 0 Å². The fourth-order valence-electron chi connectivity index (χ4n) is 2.98. The number of fused-ring (bicyclic) bond motifs is 1. The van der Waals surface area contributed by atoms with Gasteiger partial charge in [0.25, 0.3) is 0 Å². The lowest BCUT2D eigenvalue weighted by Crippen LogP contribution is -2.20. The van der Waals surface area contributed by atoms with Gasteiger partial charge in [0.05, 0.1) is 23.9 Å². The lowest BCUT2D eigenvalue weighted by molar-refractivity contribution is 0.0347. The van der Waals surface area contributed by atoms with E-state index in [2.05, 4.69) is 10.3 Å². The van der Waals surface area contributed by atoms with Crippen LogP contribution in [0.25, 0.3) is 10.9 Å². The topological polar surface area (TPSA) is 60.2 Å². The van der Waals surface area contributed by atoms with E-state index in [-0.39, 0.29) is 0 Å². The van der Waals surface area contributed by atoms with E-state index in [1.165, 1.54) is 32.1 Å². The van der Waals surface area contributed by atoms with E-state index in [0.717, 1.165) is 35.4 Å². The van der Waals surface area contributed by atoms with Crippen LogP contribution in [-0.2, 0) is 4.74 Å². The van der Waals surface area contributed by atoms with Gasteiger partial charge in [0.1, 0.15) is 0 Å². The van der Waals surface area contributed by atoms with Crippen LogP contribution in [0.5, 0.6) is 0 Å². The summed E-state index contributed by atoms with van der Waals surface area (Å²) in [7, 11) is 0. The number of nitrogens with two attached hydrogens (primary N) is 1. The first kappa shape index (κ1) is 14.1. The maximum atomic E-state index is 5.98. The fraction of sp³-hybridized carbons (Fsp3) is 0.471. The molecular formula is C17H23N3O. The molecule has 0 unspecified atom stereocenters. The summed E-state index contributed by atoms with van der Waals surface area (Å²) in [5.74, 6) is 0. The molecule has 0 spiro atoms. The quantitative estimate of drug-likeness (QED) is 0.651. The summed E-state index contributed by atoms with van der Waals surface area (Å²) in [5, 5.41) is 4.41. The minimum atomic E-state index is 0.460. The maximum absolute atomic E-state index is 5.98. The van der Waals surface area contributed by atoms with Gasteiger partial charge in [-0.1, -0.05) is 19.3 Å². The molecule has 4 nitrogen and oxygen atoms in total. The number of anilines is 2. The average molecular weight is 285 g/mol. The summed E-state index contributed by atoms with van der Waals surface area (Å²) in [4.78, 5) is 4.43. The molecule has 0 radical (unpaired) electrons. The van der Waals surface area contributed by atoms with Crippen LogP contribution < -0.4 is 11.1 Å².